The Morgan fingerprint density at radius 3 is 2.66 bits per heavy atom. The van der Waals surface area contributed by atoms with Gasteiger partial charge in [-0.2, -0.15) is 0 Å². The first-order valence-electron chi connectivity index (χ1n) is 9.93. The third kappa shape index (κ3) is 3.89. The Morgan fingerprint density at radius 1 is 1.22 bits per heavy atom. The van der Waals surface area contributed by atoms with E-state index in [9.17, 15) is 9.59 Å². The van der Waals surface area contributed by atoms with Gasteiger partial charge in [0.05, 0.1) is 42.7 Å². The first kappa shape index (κ1) is 22.0. The molecule has 4 rings (SSSR count). The molecule has 0 unspecified atom stereocenters. The zero-order valence-electron chi connectivity index (χ0n) is 18.1. The molecule has 1 aliphatic rings. The van der Waals surface area contributed by atoms with Gasteiger partial charge in [-0.1, -0.05) is 23.5 Å². The van der Waals surface area contributed by atoms with Crippen molar-refractivity contribution >= 4 is 34.7 Å². The number of thiophene rings is 1. The predicted octanol–water partition coefficient (Wildman–Crippen LogP) is 2.88. The molecule has 0 radical (unpaired) electrons. The average Bonchev–Trinajstić information content (AvgIpc) is 3.40. The van der Waals surface area contributed by atoms with Crippen LogP contribution in [0.4, 0.5) is 0 Å². The van der Waals surface area contributed by atoms with Crippen molar-refractivity contribution in [2.45, 2.75) is 19.9 Å². The monoisotopic (exact) mass is 470 g/mol. The molecule has 0 fully saturated rings. The van der Waals surface area contributed by atoms with Crippen LogP contribution in [0.25, 0.3) is 6.08 Å². The fraction of sp³-hybridized carbons (Fsp3) is 0.261. The molecule has 1 atom stereocenters. The van der Waals surface area contributed by atoms with E-state index in [0.29, 0.717) is 37.7 Å². The lowest BCUT2D eigenvalue weighted by atomic mass is 9.95. The Bertz CT molecular complexity index is 1370. The molecule has 0 N–H and O–H groups in total. The highest BCUT2D eigenvalue weighted by atomic mass is 32.1. The van der Waals surface area contributed by atoms with Crippen LogP contribution in [0.5, 0.6) is 11.5 Å². The van der Waals surface area contributed by atoms with Crippen LogP contribution in [-0.2, 0) is 9.53 Å². The minimum Gasteiger partial charge on any atom is -0.493 e. The maximum Gasteiger partial charge on any atom is 0.338 e. The van der Waals surface area contributed by atoms with Crippen molar-refractivity contribution in [3.05, 3.63) is 77.1 Å². The number of methoxy groups -OCH3 is 2. The van der Waals surface area contributed by atoms with Gasteiger partial charge in [-0.05, 0) is 49.1 Å². The lowest BCUT2D eigenvalue weighted by Crippen LogP contribution is -2.39. The number of fused-ring (bicyclic) bond motifs is 1. The lowest BCUT2D eigenvalue weighted by Gasteiger charge is -2.25. The van der Waals surface area contributed by atoms with Gasteiger partial charge in [-0.15, -0.1) is 11.3 Å². The smallest absolute Gasteiger partial charge is 0.338 e. The molecule has 7 nitrogen and oxygen atoms in total. The molecule has 0 saturated heterocycles. The average molecular weight is 471 g/mol. The summed E-state index contributed by atoms with van der Waals surface area (Å²) in [5.41, 5.74) is 1.33. The van der Waals surface area contributed by atoms with Gasteiger partial charge in [0.15, 0.2) is 16.3 Å². The number of rotatable bonds is 6. The summed E-state index contributed by atoms with van der Waals surface area (Å²) in [7, 11) is 3.10. The minimum absolute atomic E-state index is 0.212. The van der Waals surface area contributed by atoms with Gasteiger partial charge in [0.2, 0.25) is 0 Å². The molecular formula is C23H22N2O5S2. The summed E-state index contributed by atoms with van der Waals surface area (Å²) < 4.78 is 18.2. The highest BCUT2D eigenvalue weighted by molar-refractivity contribution is 7.11. The van der Waals surface area contributed by atoms with Crippen LogP contribution in [0.2, 0.25) is 0 Å². The highest BCUT2D eigenvalue weighted by Crippen LogP contribution is 2.36. The number of hydrogen-bond donors (Lipinski definition) is 0. The number of thiazole rings is 1. The Kier molecular flexibility index (Phi) is 6.29. The van der Waals surface area contributed by atoms with Crippen molar-refractivity contribution in [1.82, 2.24) is 4.57 Å². The first-order chi connectivity index (χ1) is 15.5. The van der Waals surface area contributed by atoms with Gasteiger partial charge in [-0.3, -0.25) is 9.36 Å². The summed E-state index contributed by atoms with van der Waals surface area (Å²) in [5.74, 6) is 0.560. The number of carbonyl (C=O) groups excluding carboxylic acids is 1. The molecule has 166 valence electrons. The van der Waals surface area contributed by atoms with Crippen molar-refractivity contribution in [2.75, 3.05) is 20.8 Å². The molecule has 3 heterocycles. The Labute approximate surface area is 192 Å². The summed E-state index contributed by atoms with van der Waals surface area (Å²) >= 11 is 2.85. The van der Waals surface area contributed by atoms with E-state index in [0.717, 1.165) is 4.88 Å². The quantitative estimate of drug-likeness (QED) is 0.518. The number of benzene rings is 1. The van der Waals surface area contributed by atoms with Crippen molar-refractivity contribution in [3.8, 4) is 11.5 Å². The van der Waals surface area contributed by atoms with Crippen LogP contribution in [0.15, 0.2) is 56.8 Å². The molecule has 2 aromatic heterocycles. The lowest BCUT2D eigenvalue weighted by molar-refractivity contribution is -0.139. The summed E-state index contributed by atoms with van der Waals surface area (Å²) in [6, 6.07) is 8.54. The third-order valence-electron chi connectivity index (χ3n) is 5.06. The maximum atomic E-state index is 13.5. The fourth-order valence-electron chi connectivity index (χ4n) is 3.63. The van der Waals surface area contributed by atoms with Crippen LogP contribution in [0.3, 0.4) is 0 Å². The number of hydrogen-bond acceptors (Lipinski definition) is 8. The Morgan fingerprint density at radius 2 is 2.00 bits per heavy atom. The molecule has 3 aromatic rings. The summed E-state index contributed by atoms with van der Waals surface area (Å²) in [6.07, 6.45) is 1.85. The van der Waals surface area contributed by atoms with Gasteiger partial charge in [0.25, 0.3) is 5.56 Å². The van der Waals surface area contributed by atoms with Gasteiger partial charge < -0.3 is 14.2 Å². The van der Waals surface area contributed by atoms with Gasteiger partial charge in [0.1, 0.15) is 0 Å². The van der Waals surface area contributed by atoms with Crippen LogP contribution < -0.4 is 24.4 Å². The van der Waals surface area contributed by atoms with Crippen LogP contribution in [0.1, 0.15) is 30.3 Å². The van der Waals surface area contributed by atoms with E-state index < -0.39 is 12.0 Å². The minimum atomic E-state index is -0.699. The van der Waals surface area contributed by atoms with E-state index in [2.05, 4.69) is 4.99 Å². The highest BCUT2D eigenvalue weighted by Gasteiger charge is 2.33. The van der Waals surface area contributed by atoms with E-state index >= 15 is 0 Å². The molecular weight excluding hydrogens is 448 g/mol. The molecule has 1 aromatic carbocycles. The van der Waals surface area contributed by atoms with E-state index in [-0.39, 0.29) is 12.2 Å². The molecule has 0 saturated carbocycles. The number of esters is 1. The van der Waals surface area contributed by atoms with Crippen LogP contribution in [-0.4, -0.2) is 31.4 Å². The third-order valence-corrected chi connectivity index (χ3v) is 6.86. The molecule has 0 amide bonds. The predicted molar refractivity (Wildman–Crippen MR) is 124 cm³/mol. The summed E-state index contributed by atoms with van der Waals surface area (Å²) in [5, 5.41) is 1.96. The van der Waals surface area contributed by atoms with Gasteiger partial charge in [-0.25, -0.2) is 9.79 Å². The molecule has 9 heteroatoms. The molecule has 0 aliphatic carbocycles. The standard InChI is InChI=1S/C23H22N2O5S2/c1-5-30-22(27)19-13(2)24-23-25(21(26)18(32-23)12-15-7-6-10-31-15)20(19)14-8-9-16(28-3)17(11-14)29-4/h6-12,20H,5H2,1-4H3/t20-/m1/s1. The van der Waals surface area contributed by atoms with Gasteiger partial charge in [0, 0.05) is 4.88 Å². The van der Waals surface area contributed by atoms with Crippen molar-refractivity contribution in [1.29, 1.82) is 0 Å². The number of ether oxygens (including phenoxy) is 3. The molecule has 0 bridgehead atoms. The molecule has 1 aliphatic heterocycles. The zero-order valence-corrected chi connectivity index (χ0v) is 19.7. The first-order valence-corrected chi connectivity index (χ1v) is 11.6. The Balaban J connectivity index is 1.98. The van der Waals surface area contributed by atoms with E-state index in [1.165, 1.54) is 11.3 Å². The summed E-state index contributed by atoms with van der Waals surface area (Å²) in [6.45, 7) is 3.73. The molecule has 0 spiro atoms. The fourth-order valence-corrected chi connectivity index (χ4v) is 5.40. The van der Waals surface area contributed by atoms with E-state index in [1.54, 1.807) is 56.1 Å². The zero-order chi connectivity index (χ0) is 22.8. The number of carbonyl (C=O) groups is 1. The van der Waals surface area contributed by atoms with Crippen molar-refractivity contribution in [3.63, 3.8) is 0 Å². The second-order valence-corrected chi connectivity index (χ2v) is 8.92. The SMILES string of the molecule is CCOC(=O)C1=C(C)N=c2sc(=Cc3cccs3)c(=O)n2[C@@H]1c1ccc(OC)c(OC)c1. The van der Waals surface area contributed by atoms with Crippen molar-refractivity contribution in [2.24, 2.45) is 4.99 Å². The normalized spacial score (nSPS) is 15.9. The van der Waals surface area contributed by atoms with E-state index in [1.807, 2.05) is 29.7 Å². The maximum absolute atomic E-state index is 13.5. The number of nitrogens with zero attached hydrogens (tertiary/aromatic N) is 2. The number of allylic oxidation sites excluding steroid dienone is 1. The van der Waals surface area contributed by atoms with Gasteiger partial charge >= 0.3 is 5.97 Å². The van der Waals surface area contributed by atoms with Crippen LogP contribution in [0, 0.1) is 0 Å². The van der Waals surface area contributed by atoms with Crippen molar-refractivity contribution < 1.29 is 19.0 Å². The topological polar surface area (TPSA) is 79.1 Å². The molecule has 32 heavy (non-hydrogen) atoms. The Hall–Kier alpha value is -3.17. The second kappa shape index (κ2) is 9.13. The largest absolute Gasteiger partial charge is 0.493 e. The number of aromatic nitrogens is 1. The second-order valence-electron chi connectivity index (χ2n) is 6.93. The summed E-state index contributed by atoms with van der Waals surface area (Å²) in [4.78, 5) is 32.5. The van der Waals surface area contributed by atoms with Crippen LogP contribution >= 0.6 is 22.7 Å². The van der Waals surface area contributed by atoms with E-state index in [4.69, 9.17) is 14.2 Å².